The first kappa shape index (κ1) is 26.9. The van der Waals surface area contributed by atoms with Crippen molar-refractivity contribution in [1.82, 2.24) is 0 Å². The molecule has 0 atom stereocenters. The van der Waals surface area contributed by atoms with Gasteiger partial charge in [0.2, 0.25) is 0 Å². The maximum atomic E-state index is 0. The third-order valence-electron chi connectivity index (χ3n) is 0. The van der Waals surface area contributed by atoms with E-state index in [1.54, 1.807) is 0 Å². The molecule has 0 amide bonds. The van der Waals surface area contributed by atoms with Crippen molar-refractivity contribution in [3.63, 3.8) is 0 Å². The van der Waals surface area contributed by atoms with E-state index in [1.807, 2.05) is 0 Å². The standard InChI is InChI=1S/2Mg.H4Si.Sr.6H/h;;1H4;;;;;;;. The minimum absolute atomic E-state index is 0. The minimum atomic E-state index is 0. The fourth-order valence-electron chi connectivity index (χ4n) is 0. The van der Waals surface area contributed by atoms with Crippen molar-refractivity contribution in [2.45, 2.75) is 0 Å². The molecule has 0 fully saturated rings. The summed E-state index contributed by atoms with van der Waals surface area (Å²) >= 11 is 0. The summed E-state index contributed by atoms with van der Waals surface area (Å²) in [5, 5.41) is 0. The van der Waals surface area contributed by atoms with Crippen molar-refractivity contribution in [2.75, 3.05) is 0 Å². The molecule has 0 saturated carbocycles. The van der Waals surface area contributed by atoms with Crippen LogP contribution in [0.4, 0.5) is 0 Å². The Morgan fingerprint density at radius 3 is 0.750 bits per heavy atom. The van der Waals surface area contributed by atoms with E-state index < -0.39 is 0 Å². The Hall–Kier alpha value is 3.23. The summed E-state index contributed by atoms with van der Waals surface area (Å²) < 4.78 is 0. The Kier molecular flexibility index (Phi) is 110. The first-order chi connectivity index (χ1) is 0. The van der Waals surface area contributed by atoms with Gasteiger partial charge >= 0.3 is 91.6 Å². The average Bonchev–Trinajstić information content (AvgIpc) is 0. The van der Waals surface area contributed by atoms with Crippen molar-refractivity contribution < 1.29 is 0 Å². The van der Waals surface area contributed by atoms with E-state index in [4.69, 9.17) is 0 Å². The maximum absolute atomic E-state index is 0. The van der Waals surface area contributed by atoms with Crippen LogP contribution in [0.15, 0.2) is 0 Å². The molecule has 0 spiro atoms. The summed E-state index contributed by atoms with van der Waals surface area (Å²) in [7, 11) is 0. The first-order valence-electron chi connectivity index (χ1n) is 0. The number of hydrogen-bond donors (Lipinski definition) is 0. The van der Waals surface area contributed by atoms with E-state index in [1.165, 1.54) is 0 Å². The van der Waals surface area contributed by atoms with Gasteiger partial charge in [-0.05, 0) is 11.0 Å². The van der Waals surface area contributed by atoms with Crippen molar-refractivity contribution in [1.29, 1.82) is 0 Å². The molecule has 20 valence electrons. The zero-order valence-corrected chi connectivity index (χ0v) is 0. The SMILES string of the molecule is [MgH2].[MgH2].[SiH4].[SrH2]. The van der Waals surface area contributed by atoms with Crippen LogP contribution in [0.2, 0.25) is 0 Å². The van der Waals surface area contributed by atoms with Gasteiger partial charge in [-0.2, -0.15) is 0 Å². The third-order valence-corrected chi connectivity index (χ3v) is 0. The number of rotatable bonds is 0. The molecule has 0 N–H and O–H groups in total. The van der Waals surface area contributed by atoms with Crippen LogP contribution in [0.1, 0.15) is 0 Å². The molecule has 0 aliphatic carbocycles. The molecule has 0 rings (SSSR count). The summed E-state index contributed by atoms with van der Waals surface area (Å²) in [5.41, 5.74) is 0. The van der Waals surface area contributed by atoms with Crippen LogP contribution in [0.5, 0.6) is 0 Å². The Balaban J connectivity index is 0. The molecule has 0 bridgehead atoms. The van der Waals surface area contributed by atoms with Crippen molar-refractivity contribution in [2.24, 2.45) is 0 Å². The zero-order valence-electron chi connectivity index (χ0n) is 0. The molecule has 0 saturated heterocycles. The van der Waals surface area contributed by atoms with E-state index in [9.17, 15) is 0 Å². The van der Waals surface area contributed by atoms with Gasteiger partial charge in [0.25, 0.3) is 0 Å². The molecule has 0 heterocycles. The molecule has 0 aromatic carbocycles. The summed E-state index contributed by atoms with van der Waals surface area (Å²) in [5.74, 6) is 0. The Labute approximate surface area is 100 Å². The van der Waals surface area contributed by atoms with Crippen molar-refractivity contribution in [3.05, 3.63) is 0 Å². The van der Waals surface area contributed by atoms with E-state index in [-0.39, 0.29) is 103 Å². The van der Waals surface area contributed by atoms with Gasteiger partial charge in [0.15, 0.2) is 0 Å². The summed E-state index contributed by atoms with van der Waals surface area (Å²) in [4.78, 5) is 0. The number of hydrogen-bond acceptors (Lipinski definition) is 0. The zero-order chi connectivity index (χ0) is 0. The van der Waals surface area contributed by atoms with Gasteiger partial charge < -0.3 is 0 Å². The predicted molar refractivity (Wildman–Crippen MR) is 37.0 cm³/mol. The molecular weight excluding hydrogens is 164 g/mol. The van der Waals surface area contributed by atoms with E-state index in [0.717, 1.165) is 0 Å². The van der Waals surface area contributed by atoms with Crippen LogP contribution in [-0.4, -0.2) is 103 Å². The summed E-state index contributed by atoms with van der Waals surface area (Å²) in [6, 6.07) is 0. The Bertz CT molecular complexity index is 6.00. The van der Waals surface area contributed by atoms with Gasteiger partial charge in [-0.15, -0.1) is 0 Å². The molecule has 0 aliphatic rings. The molecule has 0 nitrogen and oxygen atoms in total. The topological polar surface area (TPSA) is 0 Å². The molecule has 0 unspecified atom stereocenters. The van der Waals surface area contributed by atoms with Gasteiger partial charge in [0.1, 0.15) is 0 Å². The average molecular weight is 174 g/mol. The van der Waals surface area contributed by atoms with Crippen LogP contribution < -0.4 is 0 Å². The normalized spacial score (nSPS) is 0. The van der Waals surface area contributed by atoms with Gasteiger partial charge in [-0.1, -0.05) is 0 Å². The van der Waals surface area contributed by atoms with Crippen LogP contribution in [0.3, 0.4) is 0 Å². The van der Waals surface area contributed by atoms with Gasteiger partial charge in [0.05, 0.1) is 0 Å². The van der Waals surface area contributed by atoms with Crippen molar-refractivity contribution in [3.8, 4) is 0 Å². The van der Waals surface area contributed by atoms with Crippen LogP contribution >= 0.6 is 0 Å². The van der Waals surface area contributed by atoms with Gasteiger partial charge in [-0.3, -0.25) is 0 Å². The summed E-state index contributed by atoms with van der Waals surface area (Å²) in [6.45, 7) is 0. The molecule has 0 aromatic heterocycles. The molecular formula is H10Mg2SiSr. The fraction of sp³-hybridized carbons (Fsp3) is 0. The second kappa shape index (κ2) is 16.3. The van der Waals surface area contributed by atoms with Crippen LogP contribution in [0.25, 0.3) is 0 Å². The molecule has 0 aliphatic heterocycles. The van der Waals surface area contributed by atoms with E-state index in [2.05, 4.69) is 0 Å². The third kappa shape index (κ3) is 8.97. The van der Waals surface area contributed by atoms with Gasteiger partial charge in [-0.25, -0.2) is 0 Å². The fourth-order valence-corrected chi connectivity index (χ4v) is 0. The van der Waals surface area contributed by atoms with E-state index in [0.29, 0.717) is 0 Å². The van der Waals surface area contributed by atoms with Crippen LogP contribution in [-0.2, 0) is 0 Å². The Morgan fingerprint density at radius 2 is 0.750 bits per heavy atom. The second-order valence-electron chi connectivity index (χ2n) is 0. The second-order valence-corrected chi connectivity index (χ2v) is 0. The summed E-state index contributed by atoms with van der Waals surface area (Å²) in [6.07, 6.45) is 0. The monoisotopic (exact) mass is 174 g/mol. The molecule has 0 aromatic rings. The van der Waals surface area contributed by atoms with Crippen LogP contribution in [0, 0.1) is 0 Å². The molecule has 0 radical (unpaired) electrons. The molecule has 4 heavy (non-hydrogen) atoms. The first-order valence-corrected chi connectivity index (χ1v) is 0. The van der Waals surface area contributed by atoms with Crippen molar-refractivity contribution >= 4 is 103 Å². The molecule has 4 heteroatoms. The Morgan fingerprint density at radius 1 is 0.750 bits per heavy atom. The predicted octanol–water partition coefficient (Wildman–Crippen LogP) is -4.20. The quantitative estimate of drug-likeness (QED) is 0.327. The van der Waals surface area contributed by atoms with E-state index >= 15 is 0 Å². The van der Waals surface area contributed by atoms with Gasteiger partial charge in [0, 0.05) is 0 Å².